The molecular formula is C15H17N5. The van der Waals surface area contributed by atoms with Crippen molar-refractivity contribution in [3.05, 3.63) is 54.1 Å². The Labute approximate surface area is 117 Å². The fraction of sp³-hybridized carbons (Fsp3) is 0.267. The molecule has 0 aliphatic carbocycles. The monoisotopic (exact) mass is 267 g/mol. The number of fused-ring (bicyclic) bond motifs is 1. The van der Waals surface area contributed by atoms with Crippen molar-refractivity contribution in [1.29, 1.82) is 0 Å². The van der Waals surface area contributed by atoms with Gasteiger partial charge in [0.05, 0.1) is 23.6 Å². The molecule has 2 heterocycles. The van der Waals surface area contributed by atoms with Gasteiger partial charge in [-0.2, -0.15) is 0 Å². The molecule has 1 unspecified atom stereocenters. The second kappa shape index (κ2) is 5.38. The average Bonchev–Trinajstić information content (AvgIpc) is 2.90. The van der Waals surface area contributed by atoms with Crippen LogP contribution in [0.5, 0.6) is 0 Å². The Kier molecular flexibility index (Phi) is 3.43. The molecule has 0 radical (unpaired) electrons. The summed E-state index contributed by atoms with van der Waals surface area (Å²) in [6, 6.07) is 10.3. The van der Waals surface area contributed by atoms with Crippen molar-refractivity contribution in [3.8, 4) is 0 Å². The molecule has 0 saturated heterocycles. The summed E-state index contributed by atoms with van der Waals surface area (Å²) in [5, 5.41) is 13.8. The highest BCUT2D eigenvalue weighted by Crippen LogP contribution is 2.26. The van der Waals surface area contributed by atoms with Gasteiger partial charge >= 0.3 is 0 Å². The van der Waals surface area contributed by atoms with Gasteiger partial charge in [0.25, 0.3) is 0 Å². The van der Waals surface area contributed by atoms with Crippen molar-refractivity contribution in [1.82, 2.24) is 25.3 Å². The van der Waals surface area contributed by atoms with Gasteiger partial charge in [-0.3, -0.25) is 9.67 Å². The van der Waals surface area contributed by atoms with E-state index < -0.39 is 0 Å². The Morgan fingerprint density at radius 1 is 1.25 bits per heavy atom. The zero-order valence-electron chi connectivity index (χ0n) is 11.6. The molecule has 1 aromatic carbocycles. The average molecular weight is 267 g/mol. The number of aryl methyl sites for hydroxylation is 1. The maximum Gasteiger partial charge on any atom is 0.0944 e. The summed E-state index contributed by atoms with van der Waals surface area (Å²) in [7, 11) is 1.90. The number of hydrogen-bond acceptors (Lipinski definition) is 4. The Morgan fingerprint density at radius 3 is 2.85 bits per heavy atom. The van der Waals surface area contributed by atoms with Crippen molar-refractivity contribution in [2.45, 2.75) is 13.0 Å². The molecule has 2 aromatic heterocycles. The van der Waals surface area contributed by atoms with Gasteiger partial charge in [-0.15, -0.1) is 5.10 Å². The van der Waals surface area contributed by atoms with Gasteiger partial charge in [0, 0.05) is 18.6 Å². The number of benzene rings is 1. The van der Waals surface area contributed by atoms with E-state index in [2.05, 4.69) is 39.7 Å². The third-order valence-corrected chi connectivity index (χ3v) is 3.43. The largest absolute Gasteiger partial charge is 0.304 e. The van der Waals surface area contributed by atoms with E-state index in [0.717, 1.165) is 23.3 Å². The number of nitrogens with one attached hydrogen (secondary N) is 1. The lowest BCUT2D eigenvalue weighted by molar-refractivity contribution is 0.561. The molecule has 0 spiro atoms. The van der Waals surface area contributed by atoms with Crippen LogP contribution in [-0.4, -0.2) is 26.5 Å². The van der Waals surface area contributed by atoms with Gasteiger partial charge in [-0.05, 0) is 18.0 Å². The molecule has 102 valence electrons. The fourth-order valence-electron chi connectivity index (χ4n) is 2.48. The van der Waals surface area contributed by atoms with Crippen LogP contribution in [0.25, 0.3) is 10.8 Å². The summed E-state index contributed by atoms with van der Waals surface area (Å²) in [5.41, 5.74) is 2.02. The Morgan fingerprint density at radius 2 is 2.10 bits per heavy atom. The third-order valence-electron chi connectivity index (χ3n) is 3.43. The molecule has 1 atom stereocenters. The number of aromatic nitrogens is 4. The summed E-state index contributed by atoms with van der Waals surface area (Å²) in [6.07, 6.45) is 3.64. The first-order valence-electron chi connectivity index (χ1n) is 6.73. The molecule has 0 aliphatic rings. The molecule has 0 bridgehead atoms. The van der Waals surface area contributed by atoms with Gasteiger partial charge in [0.2, 0.25) is 0 Å². The molecule has 5 nitrogen and oxygen atoms in total. The maximum absolute atomic E-state index is 4.59. The lowest BCUT2D eigenvalue weighted by Gasteiger charge is -2.18. The molecule has 3 aromatic rings. The first-order valence-corrected chi connectivity index (χ1v) is 6.73. The fourth-order valence-corrected chi connectivity index (χ4v) is 2.48. The second-order valence-corrected chi connectivity index (χ2v) is 4.69. The van der Waals surface area contributed by atoms with Crippen LogP contribution in [0.1, 0.15) is 24.4 Å². The van der Waals surface area contributed by atoms with Crippen LogP contribution in [0.2, 0.25) is 0 Å². The first kappa shape index (κ1) is 12.7. The summed E-state index contributed by atoms with van der Waals surface area (Å²) in [6.45, 7) is 2.93. The van der Waals surface area contributed by atoms with Crippen LogP contribution in [0.3, 0.4) is 0 Å². The topological polar surface area (TPSA) is 55.6 Å². The highest BCUT2D eigenvalue weighted by molar-refractivity contribution is 5.84. The molecule has 1 N–H and O–H groups in total. The first-order chi connectivity index (χ1) is 9.81. The smallest absolute Gasteiger partial charge is 0.0944 e. The lowest BCUT2D eigenvalue weighted by Crippen LogP contribution is -2.25. The van der Waals surface area contributed by atoms with E-state index in [9.17, 15) is 0 Å². The number of nitrogens with zero attached hydrogens (tertiary/aromatic N) is 4. The third kappa shape index (κ3) is 2.16. The van der Waals surface area contributed by atoms with Crippen molar-refractivity contribution in [3.63, 3.8) is 0 Å². The van der Waals surface area contributed by atoms with Gasteiger partial charge in [-0.1, -0.05) is 36.4 Å². The van der Waals surface area contributed by atoms with Gasteiger partial charge in [0.15, 0.2) is 0 Å². The zero-order valence-corrected chi connectivity index (χ0v) is 11.6. The highest BCUT2D eigenvalue weighted by Gasteiger charge is 2.20. The van der Waals surface area contributed by atoms with E-state index in [0.29, 0.717) is 0 Å². The lowest BCUT2D eigenvalue weighted by atomic mass is 10.0. The predicted molar refractivity (Wildman–Crippen MR) is 78.3 cm³/mol. The van der Waals surface area contributed by atoms with E-state index in [1.807, 2.05) is 31.4 Å². The van der Waals surface area contributed by atoms with Crippen LogP contribution >= 0.6 is 0 Å². The highest BCUT2D eigenvalue weighted by atomic mass is 15.4. The summed E-state index contributed by atoms with van der Waals surface area (Å²) in [5.74, 6) is 0. The number of pyridine rings is 1. The number of hydrogen-bond donors (Lipinski definition) is 1. The normalized spacial score (nSPS) is 12.7. The molecule has 5 heteroatoms. The van der Waals surface area contributed by atoms with Gasteiger partial charge in [0.1, 0.15) is 0 Å². The Hall–Kier alpha value is -2.27. The Bertz CT molecular complexity index is 714. The maximum atomic E-state index is 4.59. The Balaban J connectivity index is 2.17. The van der Waals surface area contributed by atoms with E-state index in [1.165, 1.54) is 5.39 Å². The van der Waals surface area contributed by atoms with E-state index in [-0.39, 0.29) is 6.04 Å². The minimum Gasteiger partial charge on any atom is -0.304 e. The van der Waals surface area contributed by atoms with Crippen LogP contribution < -0.4 is 5.32 Å². The van der Waals surface area contributed by atoms with Crippen molar-refractivity contribution in [2.75, 3.05) is 6.54 Å². The zero-order chi connectivity index (χ0) is 13.9. The molecule has 0 aliphatic heterocycles. The minimum atomic E-state index is -0.00824. The molecule has 0 saturated carbocycles. The molecule has 0 fully saturated rings. The molecule has 0 amide bonds. The minimum absolute atomic E-state index is 0.00824. The van der Waals surface area contributed by atoms with E-state index >= 15 is 0 Å². The van der Waals surface area contributed by atoms with Crippen LogP contribution in [0.4, 0.5) is 0 Å². The van der Waals surface area contributed by atoms with Crippen LogP contribution in [0, 0.1) is 0 Å². The van der Waals surface area contributed by atoms with Gasteiger partial charge in [-0.25, -0.2) is 0 Å². The van der Waals surface area contributed by atoms with E-state index in [1.54, 1.807) is 10.9 Å². The SMILES string of the molecule is CCNC(c1nccc2ccccc12)c1cnnn1C. The molecular weight excluding hydrogens is 250 g/mol. The van der Waals surface area contributed by atoms with Crippen LogP contribution in [0.15, 0.2) is 42.7 Å². The van der Waals surface area contributed by atoms with E-state index in [4.69, 9.17) is 0 Å². The quantitative estimate of drug-likeness (QED) is 0.786. The second-order valence-electron chi connectivity index (χ2n) is 4.69. The van der Waals surface area contributed by atoms with Crippen molar-refractivity contribution < 1.29 is 0 Å². The standard InChI is InChI=1S/C15H17N5/c1-3-16-15(13-10-18-19-20(13)2)14-12-7-5-4-6-11(12)8-9-17-14/h4-10,15-16H,3H2,1-2H3. The summed E-state index contributed by atoms with van der Waals surface area (Å²) >= 11 is 0. The summed E-state index contributed by atoms with van der Waals surface area (Å²) in [4.78, 5) is 4.59. The number of rotatable bonds is 4. The van der Waals surface area contributed by atoms with Crippen molar-refractivity contribution in [2.24, 2.45) is 7.05 Å². The predicted octanol–water partition coefficient (Wildman–Crippen LogP) is 2.06. The van der Waals surface area contributed by atoms with Crippen molar-refractivity contribution >= 4 is 10.8 Å². The molecule has 3 rings (SSSR count). The van der Waals surface area contributed by atoms with Gasteiger partial charge < -0.3 is 5.32 Å². The summed E-state index contributed by atoms with van der Waals surface area (Å²) < 4.78 is 1.79. The molecule has 20 heavy (non-hydrogen) atoms. The van der Waals surface area contributed by atoms with Crippen LogP contribution in [-0.2, 0) is 7.05 Å².